The van der Waals surface area contributed by atoms with Gasteiger partial charge in [0.05, 0.1) is 25.9 Å². The van der Waals surface area contributed by atoms with Crippen molar-refractivity contribution in [1.82, 2.24) is 10.2 Å². The molecule has 136 valence electrons. The third-order valence-electron chi connectivity index (χ3n) is 4.78. The SMILES string of the molecule is COc1ccc(C2=NO[C@H](CNC(=O)CN3CCC[C@@H]3C)C2)cc1F. The number of nitrogens with one attached hydrogen (secondary N) is 1. The molecule has 1 N–H and O–H groups in total. The highest BCUT2D eigenvalue weighted by Gasteiger charge is 2.25. The Kier molecular flexibility index (Phi) is 5.53. The first-order chi connectivity index (χ1) is 12.1. The smallest absolute Gasteiger partial charge is 0.234 e. The highest BCUT2D eigenvalue weighted by atomic mass is 19.1. The van der Waals surface area contributed by atoms with Gasteiger partial charge < -0.3 is 14.9 Å². The molecule has 7 heteroatoms. The van der Waals surface area contributed by atoms with Gasteiger partial charge in [0.25, 0.3) is 0 Å². The summed E-state index contributed by atoms with van der Waals surface area (Å²) in [4.78, 5) is 19.6. The van der Waals surface area contributed by atoms with Crippen LogP contribution in [0.15, 0.2) is 23.4 Å². The van der Waals surface area contributed by atoms with Gasteiger partial charge in [-0.25, -0.2) is 4.39 Å². The summed E-state index contributed by atoms with van der Waals surface area (Å²) < 4.78 is 18.7. The second-order valence-electron chi connectivity index (χ2n) is 6.58. The summed E-state index contributed by atoms with van der Waals surface area (Å²) in [6, 6.07) is 5.17. The summed E-state index contributed by atoms with van der Waals surface area (Å²) in [5, 5.41) is 6.93. The van der Waals surface area contributed by atoms with Crippen LogP contribution in [0.25, 0.3) is 0 Å². The van der Waals surface area contributed by atoms with Crippen LogP contribution in [0, 0.1) is 5.82 Å². The highest BCUT2D eigenvalue weighted by Crippen LogP contribution is 2.22. The maximum atomic E-state index is 13.8. The molecule has 1 aromatic rings. The number of methoxy groups -OCH3 is 1. The molecule has 0 aromatic heterocycles. The second kappa shape index (κ2) is 7.82. The summed E-state index contributed by atoms with van der Waals surface area (Å²) in [6.07, 6.45) is 2.61. The first kappa shape index (κ1) is 17.7. The van der Waals surface area contributed by atoms with E-state index in [-0.39, 0.29) is 17.8 Å². The summed E-state index contributed by atoms with van der Waals surface area (Å²) in [7, 11) is 1.43. The molecule has 1 aromatic carbocycles. The van der Waals surface area contributed by atoms with E-state index in [9.17, 15) is 9.18 Å². The zero-order chi connectivity index (χ0) is 17.8. The fourth-order valence-corrected chi connectivity index (χ4v) is 3.25. The van der Waals surface area contributed by atoms with E-state index in [0.29, 0.717) is 36.8 Å². The Bertz CT molecular complexity index is 665. The number of likely N-dealkylation sites (tertiary alicyclic amines) is 1. The average Bonchev–Trinajstić information content (AvgIpc) is 3.22. The molecule has 1 amide bonds. The van der Waals surface area contributed by atoms with Gasteiger partial charge in [0.15, 0.2) is 11.6 Å². The standard InChI is InChI=1S/C18H24FN3O3/c1-12-4-3-7-22(12)11-18(23)20-10-14-9-16(21-25-14)13-5-6-17(24-2)15(19)8-13/h5-6,8,12,14H,3-4,7,9-11H2,1-2H3,(H,20,23)/t12-,14-/m0/s1. The zero-order valence-corrected chi connectivity index (χ0v) is 14.6. The monoisotopic (exact) mass is 349 g/mol. The van der Waals surface area contributed by atoms with Gasteiger partial charge in [-0.3, -0.25) is 9.69 Å². The van der Waals surface area contributed by atoms with Crippen molar-refractivity contribution in [2.24, 2.45) is 5.16 Å². The Morgan fingerprint density at radius 3 is 3.04 bits per heavy atom. The summed E-state index contributed by atoms with van der Waals surface area (Å²) in [5.41, 5.74) is 1.34. The molecule has 0 unspecified atom stereocenters. The molecule has 2 aliphatic rings. The maximum Gasteiger partial charge on any atom is 0.234 e. The number of hydrogen-bond donors (Lipinski definition) is 1. The number of ether oxygens (including phenoxy) is 1. The number of halogens is 1. The lowest BCUT2D eigenvalue weighted by Crippen LogP contribution is -2.41. The van der Waals surface area contributed by atoms with Gasteiger partial charge in [0.1, 0.15) is 6.10 Å². The Labute approximate surface area is 147 Å². The molecule has 0 saturated carbocycles. The van der Waals surface area contributed by atoms with E-state index in [1.165, 1.54) is 13.2 Å². The third kappa shape index (κ3) is 4.28. The molecule has 0 radical (unpaired) electrons. The molecule has 3 rings (SSSR count). The van der Waals surface area contributed by atoms with Crippen LogP contribution in [0.2, 0.25) is 0 Å². The topological polar surface area (TPSA) is 63.2 Å². The van der Waals surface area contributed by atoms with E-state index < -0.39 is 5.82 Å². The van der Waals surface area contributed by atoms with Gasteiger partial charge in [0.2, 0.25) is 5.91 Å². The minimum Gasteiger partial charge on any atom is -0.494 e. The molecule has 1 saturated heterocycles. The Morgan fingerprint density at radius 1 is 1.52 bits per heavy atom. The molecule has 2 atom stereocenters. The van der Waals surface area contributed by atoms with Crippen molar-refractivity contribution >= 4 is 11.6 Å². The number of oxime groups is 1. The van der Waals surface area contributed by atoms with E-state index in [1.807, 2.05) is 0 Å². The van der Waals surface area contributed by atoms with E-state index in [1.54, 1.807) is 12.1 Å². The van der Waals surface area contributed by atoms with Gasteiger partial charge in [-0.2, -0.15) is 0 Å². The van der Waals surface area contributed by atoms with Crippen LogP contribution in [-0.4, -0.2) is 55.4 Å². The number of rotatable bonds is 6. The molecule has 2 heterocycles. The molecule has 0 bridgehead atoms. The second-order valence-corrected chi connectivity index (χ2v) is 6.58. The van der Waals surface area contributed by atoms with Gasteiger partial charge in [0, 0.05) is 18.0 Å². The van der Waals surface area contributed by atoms with Crippen molar-refractivity contribution in [1.29, 1.82) is 0 Å². The van der Waals surface area contributed by atoms with E-state index in [0.717, 1.165) is 19.4 Å². The minimum atomic E-state index is -0.431. The first-order valence-corrected chi connectivity index (χ1v) is 8.64. The lowest BCUT2D eigenvalue weighted by molar-refractivity contribution is -0.123. The van der Waals surface area contributed by atoms with Crippen LogP contribution >= 0.6 is 0 Å². The van der Waals surface area contributed by atoms with Crippen molar-refractivity contribution < 1.29 is 18.8 Å². The molecule has 1 fully saturated rings. The Morgan fingerprint density at radius 2 is 2.36 bits per heavy atom. The van der Waals surface area contributed by atoms with Crippen LogP contribution in [0.1, 0.15) is 31.7 Å². The molecular weight excluding hydrogens is 325 g/mol. The van der Waals surface area contributed by atoms with Gasteiger partial charge in [-0.1, -0.05) is 5.16 Å². The molecule has 2 aliphatic heterocycles. The molecular formula is C18H24FN3O3. The van der Waals surface area contributed by atoms with Crippen LogP contribution < -0.4 is 10.1 Å². The maximum absolute atomic E-state index is 13.8. The summed E-state index contributed by atoms with van der Waals surface area (Å²) >= 11 is 0. The Balaban J connectivity index is 1.46. The van der Waals surface area contributed by atoms with Gasteiger partial charge in [-0.15, -0.1) is 0 Å². The quantitative estimate of drug-likeness (QED) is 0.852. The number of carbonyl (C=O) groups is 1. The predicted molar refractivity (Wildman–Crippen MR) is 92.3 cm³/mol. The molecule has 0 spiro atoms. The number of amides is 1. The molecule has 25 heavy (non-hydrogen) atoms. The predicted octanol–water partition coefficient (Wildman–Crippen LogP) is 1.93. The lowest BCUT2D eigenvalue weighted by atomic mass is 10.0. The van der Waals surface area contributed by atoms with Crippen molar-refractivity contribution in [2.45, 2.75) is 38.3 Å². The van der Waals surface area contributed by atoms with E-state index in [2.05, 4.69) is 22.3 Å². The van der Waals surface area contributed by atoms with Crippen LogP contribution in [0.3, 0.4) is 0 Å². The molecule has 0 aliphatic carbocycles. The van der Waals surface area contributed by atoms with Crippen LogP contribution in [-0.2, 0) is 9.63 Å². The van der Waals surface area contributed by atoms with Crippen LogP contribution in [0.5, 0.6) is 5.75 Å². The largest absolute Gasteiger partial charge is 0.494 e. The average molecular weight is 349 g/mol. The summed E-state index contributed by atoms with van der Waals surface area (Å²) in [6.45, 7) is 3.94. The molecule has 6 nitrogen and oxygen atoms in total. The third-order valence-corrected chi connectivity index (χ3v) is 4.78. The minimum absolute atomic E-state index is 0.00120. The number of nitrogens with zero attached hydrogens (tertiary/aromatic N) is 2. The fraction of sp³-hybridized carbons (Fsp3) is 0.556. The normalized spacial score (nSPS) is 23.2. The first-order valence-electron chi connectivity index (χ1n) is 8.64. The van der Waals surface area contributed by atoms with Gasteiger partial charge >= 0.3 is 0 Å². The van der Waals surface area contributed by atoms with Crippen LogP contribution in [0.4, 0.5) is 4.39 Å². The fourth-order valence-electron chi connectivity index (χ4n) is 3.25. The number of benzene rings is 1. The van der Waals surface area contributed by atoms with Crippen molar-refractivity contribution in [2.75, 3.05) is 26.7 Å². The van der Waals surface area contributed by atoms with E-state index in [4.69, 9.17) is 9.57 Å². The number of carbonyl (C=O) groups excluding carboxylic acids is 1. The lowest BCUT2D eigenvalue weighted by Gasteiger charge is -2.20. The number of hydrogen-bond acceptors (Lipinski definition) is 5. The zero-order valence-electron chi connectivity index (χ0n) is 14.6. The van der Waals surface area contributed by atoms with Crippen molar-refractivity contribution in [3.63, 3.8) is 0 Å². The van der Waals surface area contributed by atoms with E-state index >= 15 is 0 Å². The van der Waals surface area contributed by atoms with Gasteiger partial charge in [-0.05, 0) is 44.5 Å². The highest BCUT2D eigenvalue weighted by molar-refractivity contribution is 6.01. The van der Waals surface area contributed by atoms with Crippen molar-refractivity contribution in [3.05, 3.63) is 29.6 Å². The van der Waals surface area contributed by atoms with Crippen molar-refractivity contribution in [3.8, 4) is 5.75 Å². The summed E-state index contributed by atoms with van der Waals surface area (Å²) in [5.74, 6) is -0.233. The Hall–Kier alpha value is -2.15.